The summed E-state index contributed by atoms with van der Waals surface area (Å²) in [4.78, 5) is 23.8. The van der Waals surface area contributed by atoms with Gasteiger partial charge in [-0.15, -0.1) is 0 Å². The van der Waals surface area contributed by atoms with Gasteiger partial charge in [0.2, 0.25) is 0 Å². The molecular formula is C20H24N2O3. The van der Waals surface area contributed by atoms with Crippen LogP contribution >= 0.6 is 0 Å². The minimum absolute atomic E-state index is 0.0416. The molecule has 25 heavy (non-hydrogen) atoms. The number of carbonyl (C=O) groups excluding carboxylic acids is 2. The molecular weight excluding hydrogens is 316 g/mol. The van der Waals surface area contributed by atoms with Gasteiger partial charge in [-0.1, -0.05) is 31.2 Å². The van der Waals surface area contributed by atoms with Crippen LogP contribution in [0.1, 0.15) is 36.7 Å². The first kappa shape index (κ1) is 18.7. The Hall–Kier alpha value is -2.66. The van der Waals surface area contributed by atoms with E-state index in [0.717, 1.165) is 24.3 Å². The maximum Gasteiger partial charge on any atom is 0.265 e. The molecule has 0 bridgehead atoms. The molecule has 2 N–H and O–H groups in total. The number of amides is 1. The average molecular weight is 340 g/mol. The minimum Gasteiger partial charge on any atom is -0.481 e. The molecule has 0 aliphatic heterocycles. The Kier molecular flexibility index (Phi) is 6.71. The largest absolute Gasteiger partial charge is 0.481 e. The van der Waals surface area contributed by atoms with E-state index in [1.165, 1.54) is 6.92 Å². The summed E-state index contributed by atoms with van der Waals surface area (Å²) in [5.74, 6) is 0.213. The molecule has 0 fully saturated rings. The second-order valence-corrected chi connectivity index (χ2v) is 5.81. The van der Waals surface area contributed by atoms with Crippen LogP contribution in [0.4, 0.5) is 5.69 Å². The maximum atomic E-state index is 12.3. The monoisotopic (exact) mass is 340 g/mol. The number of rotatable bonds is 8. The number of benzene rings is 2. The van der Waals surface area contributed by atoms with Gasteiger partial charge in [0.1, 0.15) is 5.75 Å². The molecule has 1 atom stereocenters. The van der Waals surface area contributed by atoms with Crippen LogP contribution in [0.2, 0.25) is 0 Å². The zero-order valence-electron chi connectivity index (χ0n) is 14.8. The van der Waals surface area contributed by atoms with Gasteiger partial charge in [0.05, 0.1) is 0 Å². The molecule has 5 nitrogen and oxygen atoms in total. The van der Waals surface area contributed by atoms with E-state index in [1.807, 2.05) is 31.2 Å². The smallest absolute Gasteiger partial charge is 0.265 e. The highest BCUT2D eigenvalue weighted by molar-refractivity contribution is 5.95. The van der Waals surface area contributed by atoms with Crippen LogP contribution < -0.4 is 15.4 Å². The van der Waals surface area contributed by atoms with Crippen LogP contribution in [0.3, 0.4) is 0 Å². The summed E-state index contributed by atoms with van der Waals surface area (Å²) in [5.41, 5.74) is 2.39. The van der Waals surface area contributed by atoms with Gasteiger partial charge in [0.15, 0.2) is 11.9 Å². The lowest BCUT2D eigenvalue weighted by Crippen LogP contribution is -2.30. The van der Waals surface area contributed by atoms with Gasteiger partial charge in [-0.2, -0.15) is 0 Å². The molecule has 0 spiro atoms. The van der Waals surface area contributed by atoms with E-state index in [9.17, 15) is 9.59 Å². The van der Waals surface area contributed by atoms with Crippen LogP contribution in [0, 0.1) is 0 Å². The van der Waals surface area contributed by atoms with Gasteiger partial charge in [-0.25, -0.2) is 0 Å². The van der Waals surface area contributed by atoms with Gasteiger partial charge < -0.3 is 15.4 Å². The van der Waals surface area contributed by atoms with E-state index >= 15 is 0 Å². The van der Waals surface area contributed by atoms with Crippen molar-refractivity contribution in [1.82, 2.24) is 5.32 Å². The Balaban J connectivity index is 1.98. The molecule has 0 saturated heterocycles. The number of hydrogen-bond donors (Lipinski definition) is 2. The minimum atomic E-state index is -0.681. The highest BCUT2D eigenvalue weighted by atomic mass is 16.5. The van der Waals surface area contributed by atoms with E-state index in [2.05, 4.69) is 10.6 Å². The molecule has 0 aliphatic carbocycles. The summed E-state index contributed by atoms with van der Waals surface area (Å²) in [5, 5.41) is 6.11. The number of ketones is 1. The van der Waals surface area contributed by atoms with Crippen LogP contribution in [-0.4, -0.2) is 24.3 Å². The standard InChI is InChI=1S/C20H24N2O3/c1-4-21-13-16-7-5-9-18(11-16)22-20(24)15(3)25-19-10-6-8-17(12-19)14(2)23/h5-12,15,21H,4,13H2,1-3H3,(H,22,24). The SMILES string of the molecule is CCNCc1cccc(NC(=O)C(C)Oc2cccc(C(C)=O)c2)c1. The van der Waals surface area contributed by atoms with Crippen molar-refractivity contribution in [3.8, 4) is 5.75 Å². The fourth-order valence-electron chi connectivity index (χ4n) is 2.32. The van der Waals surface area contributed by atoms with E-state index < -0.39 is 6.10 Å². The van der Waals surface area contributed by atoms with Crippen LogP contribution in [0.15, 0.2) is 48.5 Å². The van der Waals surface area contributed by atoms with Gasteiger partial charge >= 0.3 is 0 Å². The van der Waals surface area contributed by atoms with Gasteiger partial charge in [-0.05, 0) is 50.2 Å². The van der Waals surface area contributed by atoms with Crippen LogP contribution in [-0.2, 0) is 11.3 Å². The Labute approximate surface area is 148 Å². The second kappa shape index (κ2) is 8.99. The quantitative estimate of drug-likeness (QED) is 0.723. The van der Waals surface area contributed by atoms with E-state index in [1.54, 1.807) is 31.2 Å². The summed E-state index contributed by atoms with van der Waals surface area (Å²) in [6.07, 6.45) is -0.681. The van der Waals surface area contributed by atoms with Crippen molar-refractivity contribution < 1.29 is 14.3 Å². The maximum absolute atomic E-state index is 12.3. The Morgan fingerprint density at radius 1 is 1.12 bits per heavy atom. The second-order valence-electron chi connectivity index (χ2n) is 5.81. The molecule has 0 radical (unpaired) electrons. The summed E-state index contributed by atoms with van der Waals surface area (Å²) in [6, 6.07) is 14.5. The van der Waals surface area contributed by atoms with Crippen LogP contribution in [0.25, 0.3) is 0 Å². The van der Waals surface area contributed by atoms with E-state index in [4.69, 9.17) is 4.74 Å². The molecule has 0 saturated carbocycles. The summed E-state index contributed by atoms with van der Waals surface area (Å²) >= 11 is 0. The van der Waals surface area contributed by atoms with Crippen molar-refractivity contribution in [1.29, 1.82) is 0 Å². The first-order valence-electron chi connectivity index (χ1n) is 8.37. The first-order chi connectivity index (χ1) is 12.0. The number of Topliss-reactive ketones (excluding diaryl/α,β-unsaturated/α-hetero) is 1. The molecule has 5 heteroatoms. The van der Waals surface area contributed by atoms with Crippen molar-refractivity contribution in [3.63, 3.8) is 0 Å². The highest BCUT2D eigenvalue weighted by Crippen LogP contribution is 2.17. The highest BCUT2D eigenvalue weighted by Gasteiger charge is 2.15. The number of anilines is 1. The van der Waals surface area contributed by atoms with Crippen molar-refractivity contribution in [2.45, 2.75) is 33.4 Å². The van der Waals surface area contributed by atoms with Crippen molar-refractivity contribution >= 4 is 17.4 Å². The Bertz CT molecular complexity index is 743. The van der Waals surface area contributed by atoms with Crippen LogP contribution in [0.5, 0.6) is 5.75 Å². The molecule has 2 aromatic carbocycles. The average Bonchev–Trinajstić information content (AvgIpc) is 2.60. The van der Waals surface area contributed by atoms with Crippen molar-refractivity contribution in [2.24, 2.45) is 0 Å². The molecule has 2 aromatic rings. The predicted octanol–water partition coefficient (Wildman–Crippen LogP) is 3.40. The third kappa shape index (κ3) is 5.72. The van der Waals surface area contributed by atoms with E-state index in [-0.39, 0.29) is 11.7 Å². The Morgan fingerprint density at radius 2 is 1.88 bits per heavy atom. The van der Waals surface area contributed by atoms with Gasteiger partial charge in [0.25, 0.3) is 5.91 Å². The molecule has 0 aliphatic rings. The summed E-state index contributed by atoms with van der Waals surface area (Å²) < 4.78 is 5.66. The summed E-state index contributed by atoms with van der Waals surface area (Å²) in [6.45, 7) is 6.87. The fourth-order valence-corrected chi connectivity index (χ4v) is 2.32. The number of ether oxygens (including phenoxy) is 1. The van der Waals surface area contributed by atoms with E-state index in [0.29, 0.717) is 11.3 Å². The topological polar surface area (TPSA) is 67.4 Å². The van der Waals surface area contributed by atoms with Crippen molar-refractivity contribution in [2.75, 3.05) is 11.9 Å². The zero-order chi connectivity index (χ0) is 18.2. The molecule has 1 unspecified atom stereocenters. The lowest BCUT2D eigenvalue weighted by molar-refractivity contribution is -0.122. The first-order valence-corrected chi connectivity index (χ1v) is 8.37. The van der Waals surface area contributed by atoms with Gasteiger partial charge in [0, 0.05) is 17.8 Å². The number of nitrogens with one attached hydrogen (secondary N) is 2. The molecule has 0 aromatic heterocycles. The fraction of sp³-hybridized carbons (Fsp3) is 0.300. The molecule has 1 amide bonds. The third-order valence-corrected chi connectivity index (χ3v) is 3.70. The summed E-state index contributed by atoms with van der Waals surface area (Å²) in [7, 11) is 0. The lowest BCUT2D eigenvalue weighted by Gasteiger charge is -2.15. The zero-order valence-corrected chi connectivity index (χ0v) is 14.8. The third-order valence-electron chi connectivity index (χ3n) is 3.70. The number of carbonyl (C=O) groups is 2. The number of hydrogen-bond acceptors (Lipinski definition) is 4. The molecule has 0 heterocycles. The molecule has 132 valence electrons. The van der Waals surface area contributed by atoms with Gasteiger partial charge in [-0.3, -0.25) is 9.59 Å². The predicted molar refractivity (Wildman–Crippen MR) is 99.0 cm³/mol. The van der Waals surface area contributed by atoms with Crippen molar-refractivity contribution in [3.05, 3.63) is 59.7 Å². The Morgan fingerprint density at radius 3 is 2.60 bits per heavy atom. The lowest BCUT2D eigenvalue weighted by atomic mass is 10.1. The molecule has 2 rings (SSSR count). The normalized spacial score (nSPS) is 11.6.